The van der Waals surface area contributed by atoms with Gasteiger partial charge in [-0.05, 0) is 43.6 Å². The van der Waals surface area contributed by atoms with Gasteiger partial charge in [0.15, 0.2) is 0 Å². The Morgan fingerprint density at radius 1 is 1.42 bits per heavy atom. The number of nitrogens with one attached hydrogen (secondary N) is 1. The Labute approximate surface area is 120 Å². The van der Waals surface area contributed by atoms with Gasteiger partial charge in [0.25, 0.3) is 0 Å². The van der Waals surface area contributed by atoms with Gasteiger partial charge < -0.3 is 10.2 Å². The normalized spacial score (nSPS) is 20.2. The van der Waals surface area contributed by atoms with Crippen LogP contribution in [0.25, 0.3) is 0 Å². The molecule has 0 bridgehead atoms. The molecule has 104 valence electrons. The van der Waals surface area contributed by atoms with Crippen LogP contribution >= 0.6 is 12.6 Å². The fourth-order valence-electron chi connectivity index (χ4n) is 2.54. The van der Waals surface area contributed by atoms with Crippen LogP contribution in [-0.2, 0) is 11.2 Å². The Morgan fingerprint density at radius 2 is 2.16 bits per heavy atom. The predicted molar refractivity (Wildman–Crippen MR) is 80.7 cm³/mol. The number of carbonyl (C=O) groups excluding carboxylic acids is 1. The van der Waals surface area contributed by atoms with E-state index in [0.717, 1.165) is 36.5 Å². The van der Waals surface area contributed by atoms with Crippen LogP contribution < -0.4 is 5.32 Å². The average Bonchev–Trinajstić information content (AvgIpc) is 2.41. The first kappa shape index (κ1) is 14.4. The lowest BCUT2D eigenvalue weighted by Gasteiger charge is -2.32. The number of thiol groups is 1. The molecule has 2 rings (SSSR count). The van der Waals surface area contributed by atoms with E-state index < -0.39 is 0 Å². The number of hydrogen-bond donors (Lipinski definition) is 2. The second kappa shape index (κ2) is 6.96. The summed E-state index contributed by atoms with van der Waals surface area (Å²) in [6, 6.07) is 8.07. The van der Waals surface area contributed by atoms with Crippen molar-refractivity contribution >= 4 is 18.5 Å². The van der Waals surface area contributed by atoms with Gasteiger partial charge in [-0.3, -0.25) is 4.79 Å². The number of benzene rings is 1. The van der Waals surface area contributed by atoms with Gasteiger partial charge >= 0.3 is 0 Å². The van der Waals surface area contributed by atoms with Crippen molar-refractivity contribution in [2.24, 2.45) is 0 Å². The van der Waals surface area contributed by atoms with Gasteiger partial charge in [-0.15, -0.1) is 12.6 Å². The Bertz CT molecular complexity index is 419. The molecule has 1 amide bonds. The minimum atomic E-state index is 0.120. The number of likely N-dealkylation sites (tertiary alicyclic amines) is 1. The van der Waals surface area contributed by atoms with Gasteiger partial charge in [-0.2, -0.15) is 0 Å². The van der Waals surface area contributed by atoms with Crippen molar-refractivity contribution in [1.29, 1.82) is 0 Å². The lowest BCUT2D eigenvalue weighted by atomic mass is 10.0. The molecule has 1 unspecified atom stereocenters. The highest BCUT2D eigenvalue weighted by Gasteiger charge is 2.20. The molecule has 1 N–H and O–H groups in total. The molecule has 0 aliphatic carbocycles. The van der Waals surface area contributed by atoms with Gasteiger partial charge in [0.1, 0.15) is 0 Å². The van der Waals surface area contributed by atoms with Crippen molar-refractivity contribution in [3.05, 3.63) is 29.8 Å². The van der Waals surface area contributed by atoms with Crippen molar-refractivity contribution in [2.45, 2.75) is 37.1 Å². The first-order valence-corrected chi connectivity index (χ1v) is 7.41. The zero-order valence-corrected chi connectivity index (χ0v) is 12.3. The van der Waals surface area contributed by atoms with E-state index in [0.29, 0.717) is 12.5 Å². The quantitative estimate of drug-likeness (QED) is 0.827. The monoisotopic (exact) mass is 278 g/mol. The second-order valence-corrected chi connectivity index (χ2v) is 5.66. The van der Waals surface area contributed by atoms with Crippen LogP contribution in [0.3, 0.4) is 0 Å². The highest BCUT2D eigenvalue weighted by Crippen LogP contribution is 2.11. The summed E-state index contributed by atoms with van der Waals surface area (Å²) in [6.45, 7) is 5.38. The van der Waals surface area contributed by atoms with Gasteiger partial charge in [0.05, 0.1) is 6.42 Å². The van der Waals surface area contributed by atoms with Crippen LogP contribution in [-0.4, -0.2) is 36.5 Å². The molecule has 1 heterocycles. The zero-order valence-electron chi connectivity index (χ0n) is 11.4. The van der Waals surface area contributed by atoms with E-state index in [-0.39, 0.29) is 5.91 Å². The van der Waals surface area contributed by atoms with E-state index in [1.165, 1.54) is 6.42 Å². The minimum Gasteiger partial charge on any atom is -0.352 e. The molecule has 1 aliphatic heterocycles. The smallest absolute Gasteiger partial charge is 0.224 e. The first-order valence-electron chi connectivity index (χ1n) is 6.97. The molecule has 0 saturated carbocycles. The number of nitrogens with zero attached hydrogens (tertiary/aromatic N) is 1. The maximum absolute atomic E-state index is 12.0. The largest absolute Gasteiger partial charge is 0.352 e. The summed E-state index contributed by atoms with van der Waals surface area (Å²) < 4.78 is 0. The molecular formula is C15H22N2OS. The summed E-state index contributed by atoms with van der Waals surface area (Å²) >= 11 is 4.24. The summed E-state index contributed by atoms with van der Waals surface area (Å²) in [4.78, 5) is 15.3. The highest BCUT2D eigenvalue weighted by atomic mass is 32.1. The SMILES string of the molecule is CCN1CCCC(NC(=O)Cc2ccc(S)cc2)C1. The molecule has 0 spiro atoms. The molecule has 3 nitrogen and oxygen atoms in total. The summed E-state index contributed by atoms with van der Waals surface area (Å²) in [7, 11) is 0. The zero-order chi connectivity index (χ0) is 13.7. The molecule has 1 aromatic rings. The Kier molecular flexibility index (Phi) is 5.28. The topological polar surface area (TPSA) is 32.3 Å². The summed E-state index contributed by atoms with van der Waals surface area (Å²) in [5, 5.41) is 3.15. The summed E-state index contributed by atoms with van der Waals surface area (Å²) in [6.07, 6.45) is 2.72. The van der Waals surface area contributed by atoms with Crippen molar-refractivity contribution in [2.75, 3.05) is 19.6 Å². The highest BCUT2D eigenvalue weighted by molar-refractivity contribution is 7.80. The van der Waals surface area contributed by atoms with Crippen molar-refractivity contribution in [3.63, 3.8) is 0 Å². The van der Waals surface area contributed by atoms with E-state index >= 15 is 0 Å². The van der Waals surface area contributed by atoms with Gasteiger partial charge in [-0.1, -0.05) is 19.1 Å². The van der Waals surface area contributed by atoms with Crippen molar-refractivity contribution in [1.82, 2.24) is 10.2 Å². The number of amides is 1. The Hall–Kier alpha value is -1.00. The van der Waals surface area contributed by atoms with Crippen LogP contribution in [0.15, 0.2) is 29.2 Å². The Morgan fingerprint density at radius 3 is 2.84 bits per heavy atom. The number of likely N-dealkylation sites (N-methyl/N-ethyl adjacent to an activating group) is 1. The third kappa shape index (κ3) is 4.55. The average molecular weight is 278 g/mol. The van der Waals surface area contributed by atoms with Crippen molar-refractivity contribution < 1.29 is 4.79 Å². The van der Waals surface area contributed by atoms with Gasteiger partial charge in [-0.25, -0.2) is 0 Å². The first-order chi connectivity index (χ1) is 9.17. The molecule has 1 aromatic carbocycles. The number of piperidine rings is 1. The summed E-state index contributed by atoms with van der Waals surface area (Å²) in [5.41, 5.74) is 1.04. The molecule has 0 radical (unpaired) electrons. The maximum Gasteiger partial charge on any atom is 0.224 e. The predicted octanol–water partition coefficient (Wildman–Crippen LogP) is 2.12. The number of hydrogen-bond acceptors (Lipinski definition) is 3. The van der Waals surface area contributed by atoms with Gasteiger partial charge in [0.2, 0.25) is 5.91 Å². The Balaban J connectivity index is 1.82. The lowest BCUT2D eigenvalue weighted by molar-refractivity contribution is -0.121. The standard InChI is InChI=1S/C15H22N2OS/c1-2-17-9-3-4-13(11-17)16-15(18)10-12-5-7-14(19)8-6-12/h5-8,13,19H,2-4,9-11H2,1H3,(H,16,18). The molecule has 1 atom stereocenters. The van der Waals surface area contributed by atoms with Crippen LogP contribution in [0.2, 0.25) is 0 Å². The molecule has 1 fully saturated rings. The van der Waals surface area contributed by atoms with Crippen LogP contribution in [0.5, 0.6) is 0 Å². The van der Waals surface area contributed by atoms with E-state index in [4.69, 9.17) is 0 Å². The molecule has 4 heteroatoms. The van der Waals surface area contributed by atoms with Crippen LogP contribution in [0.1, 0.15) is 25.3 Å². The van der Waals surface area contributed by atoms with E-state index in [1.807, 2.05) is 24.3 Å². The summed E-state index contributed by atoms with van der Waals surface area (Å²) in [5.74, 6) is 0.120. The maximum atomic E-state index is 12.0. The number of carbonyl (C=O) groups is 1. The molecule has 19 heavy (non-hydrogen) atoms. The number of rotatable bonds is 4. The second-order valence-electron chi connectivity index (χ2n) is 5.14. The van der Waals surface area contributed by atoms with Gasteiger partial charge in [0, 0.05) is 17.5 Å². The van der Waals surface area contributed by atoms with Crippen molar-refractivity contribution in [3.8, 4) is 0 Å². The third-order valence-corrected chi connectivity index (χ3v) is 3.92. The van der Waals surface area contributed by atoms with E-state index in [1.54, 1.807) is 0 Å². The van der Waals surface area contributed by atoms with E-state index in [2.05, 4.69) is 29.8 Å². The minimum absolute atomic E-state index is 0.120. The van der Waals surface area contributed by atoms with Crippen LogP contribution in [0.4, 0.5) is 0 Å². The van der Waals surface area contributed by atoms with E-state index in [9.17, 15) is 4.79 Å². The molecule has 1 saturated heterocycles. The molecular weight excluding hydrogens is 256 g/mol. The molecule has 0 aromatic heterocycles. The fourth-order valence-corrected chi connectivity index (χ4v) is 2.69. The fraction of sp³-hybridized carbons (Fsp3) is 0.533. The van der Waals surface area contributed by atoms with Crippen LogP contribution in [0, 0.1) is 0 Å². The third-order valence-electron chi connectivity index (χ3n) is 3.62. The molecule has 1 aliphatic rings. The lowest BCUT2D eigenvalue weighted by Crippen LogP contribution is -2.47.